The topological polar surface area (TPSA) is 79.7 Å². The van der Waals surface area contributed by atoms with E-state index in [2.05, 4.69) is 4.98 Å². The molecule has 27 heavy (non-hydrogen) atoms. The van der Waals surface area contributed by atoms with Gasteiger partial charge >= 0.3 is 5.97 Å². The molecule has 1 unspecified atom stereocenters. The Kier molecular flexibility index (Phi) is 5.44. The van der Waals surface area contributed by atoms with E-state index in [-0.39, 0.29) is 12.5 Å². The molecule has 0 spiro atoms. The van der Waals surface area contributed by atoms with Gasteiger partial charge in [0.15, 0.2) is 0 Å². The van der Waals surface area contributed by atoms with Crippen molar-refractivity contribution in [2.75, 3.05) is 13.1 Å². The summed E-state index contributed by atoms with van der Waals surface area (Å²) in [5.41, 5.74) is 1.46. The smallest absolute Gasteiger partial charge is 0.311 e. The molecule has 3 rings (SSSR count). The number of aryl methyl sites for hydroxylation is 1. The van der Waals surface area contributed by atoms with Crippen LogP contribution in [0.15, 0.2) is 42.6 Å². The SMILES string of the molecule is Cc1ccc(OCc2cccc(C(=O)N3CCCC(C)(C(=O)O)C3)c2)cn1. The Morgan fingerprint density at radius 3 is 2.81 bits per heavy atom. The van der Waals surface area contributed by atoms with Gasteiger partial charge in [-0.25, -0.2) is 0 Å². The van der Waals surface area contributed by atoms with Gasteiger partial charge in [0.2, 0.25) is 0 Å². The molecule has 1 aliphatic heterocycles. The molecule has 0 saturated carbocycles. The highest BCUT2D eigenvalue weighted by Gasteiger charge is 2.39. The standard InChI is InChI=1S/C21H24N2O4/c1-15-7-8-18(12-22-15)27-13-16-5-3-6-17(11-16)19(24)23-10-4-9-21(2,14-23)20(25)26/h3,5-8,11-12H,4,9-10,13-14H2,1-2H3,(H,25,26). The van der Waals surface area contributed by atoms with Crippen LogP contribution in [0.2, 0.25) is 0 Å². The van der Waals surface area contributed by atoms with Crippen molar-refractivity contribution in [1.82, 2.24) is 9.88 Å². The third kappa shape index (κ3) is 4.45. The number of hydrogen-bond donors (Lipinski definition) is 1. The lowest BCUT2D eigenvalue weighted by molar-refractivity contribution is -0.150. The molecule has 1 atom stereocenters. The van der Waals surface area contributed by atoms with E-state index in [9.17, 15) is 14.7 Å². The molecule has 1 aromatic carbocycles. The summed E-state index contributed by atoms with van der Waals surface area (Å²) < 4.78 is 5.73. The van der Waals surface area contributed by atoms with Gasteiger partial charge in [-0.2, -0.15) is 0 Å². The summed E-state index contributed by atoms with van der Waals surface area (Å²) in [7, 11) is 0. The zero-order valence-corrected chi connectivity index (χ0v) is 15.6. The fourth-order valence-electron chi connectivity index (χ4n) is 3.27. The summed E-state index contributed by atoms with van der Waals surface area (Å²) in [5, 5.41) is 9.45. The monoisotopic (exact) mass is 368 g/mol. The number of rotatable bonds is 5. The molecular weight excluding hydrogens is 344 g/mol. The number of aromatic nitrogens is 1. The van der Waals surface area contributed by atoms with E-state index < -0.39 is 11.4 Å². The predicted octanol–water partition coefficient (Wildman–Crippen LogP) is 3.30. The number of carboxylic acids is 1. The average Bonchev–Trinajstić information content (AvgIpc) is 2.67. The van der Waals surface area contributed by atoms with E-state index in [0.29, 0.717) is 37.3 Å². The third-order valence-electron chi connectivity index (χ3n) is 4.96. The lowest BCUT2D eigenvalue weighted by Crippen LogP contribution is -2.48. The second-order valence-corrected chi connectivity index (χ2v) is 7.32. The largest absolute Gasteiger partial charge is 0.487 e. The molecule has 2 heterocycles. The van der Waals surface area contributed by atoms with Crippen LogP contribution in [0.1, 0.15) is 41.4 Å². The number of piperidine rings is 1. The Bertz CT molecular complexity index is 834. The molecule has 1 N–H and O–H groups in total. The van der Waals surface area contributed by atoms with E-state index >= 15 is 0 Å². The number of carbonyl (C=O) groups excluding carboxylic acids is 1. The van der Waals surface area contributed by atoms with Gasteiger partial charge in [-0.15, -0.1) is 0 Å². The van der Waals surface area contributed by atoms with Crippen LogP contribution in [0.5, 0.6) is 5.75 Å². The number of carboxylic acid groups (broad SMARTS) is 1. The second-order valence-electron chi connectivity index (χ2n) is 7.32. The van der Waals surface area contributed by atoms with Crippen molar-refractivity contribution in [3.8, 4) is 5.75 Å². The molecule has 0 aliphatic carbocycles. The summed E-state index contributed by atoms with van der Waals surface area (Å²) in [4.78, 5) is 30.2. The molecule has 1 aliphatic rings. The average molecular weight is 368 g/mol. The quantitative estimate of drug-likeness (QED) is 0.876. The van der Waals surface area contributed by atoms with Gasteiger partial charge in [-0.3, -0.25) is 14.6 Å². The minimum atomic E-state index is -0.882. The van der Waals surface area contributed by atoms with E-state index in [1.807, 2.05) is 31.2 Å². The highest BCUT2D eigenvalue weighted by molar-refractivity contribution is 5.95. The number of carbonyl (C=O) groups is 2. The van der Waals surface area contributed by atoms with Crippen molar-refractivity contribution >= 4 is 11.9 Å². The highest BCUT2D eigenvalue weighted by atomic mass is 16.5. The highest BCUT2D eigenvalue weighted by Crippen LogP contribution is 2.30. The van der Waals surface area contributed by atoms with Gasteiger partial charge < -0.3 is 14.7 Å². The van der Waals surface area contributed by atoms with E-state index in [4.69, 9.17) is 4.74 Å². The maximum atomic E-state index is 12.9. The molecule has 1 aromatic heterocycles. The number of nitrogens with zero attached hydrogens (tertiary/aromatic N) is 2. The lowest BCUT2D eigenvalue weighted by atomic mass is 9.82. The van der Waals surface area contributed by atoms with Crippen LogP contribution in [-0.2, 0) is 11.4 Å². The molecular formula is C21H24N2O4. The molecule has 6 nitrogen and oxygen atoms in total. The Morgan fingerprint density at radius 1 is 1.30 bits per heavy atom. The summed E-state index contributed by atoms with van der Waals surface area (Å²) in [6.07, 6.45) is 2.95. The number of amides is 1. The number of pyridine rings is 1. The van der Waals surface area contributed by atoms with Crippen LogP contribution in [-0.4, -0.2) is 40.0 Å². The molecule has 1 saturated heterocycles. The van der Waals surface area contributed by atoms with Crippen LogP contribution in [0.4, 0.5) is 0 Å². The number of likely N-dealkylation sites (tertiary alicyclic amines) is 1. The van der Waals surface area contributed by atoms with Crippen molar-refractivity contribution in [2.45, 2.75) is 33.3 Å². The molecule has 0 radical (unpaired) electrons. The first-order valence-electron chi connectivity index (χ1n) is 9.04. The van der Waals surface area contributed by atoms with Crippen LogP contribution in [0, 0.1) is 12.3 Å². The first-order chi connectivity index (χ1) is 12.9. The van der Waals surface area contributed by atoms with Gasteiger partial charge in [0.25, 0.3) is 5.91 Å². The first-order valence-corrected chi connectivity index (χ1v) is 9.04. The van der Waals surface area contributed by atoms with Crippen LogP contribution in [0.3, 0.4) is 0 Å². The lowest BCUT2D eigenvalue weighted by Gasteiger charge is -2.37. The Balaban J connectivity index is 1.68. The van der Waals surface area contributed by atoms with Crippen molar-refractivity contribution in [2.24, 2.45) is 5.41 Å². The molecule has 1 amide bonds. The van der Waals surface area contributed by atoms with Gasteiger partial charge in [0.1, 0.15) is 12.4 Å². The van der Waals surface area contributed by atoms with Gasteiger partial charge in [-0.05, 0) is 56.5 Å². The Labute approximate surface area is 158 Å². The van der Waals surface area contributed by atoms with Gasteiger partial charge in [-0.1, -0.05) is 12.1 Å². The van der Waals surface area contributed by atoms with E-state index in [0.717, 1.165) is 11.3 Å². The Morgan fingerprint density at radius 2 is 2.11 bits per heavy atom. The predicted molar refractivity (Wildman–Crippen MR) is 101 cm³/mol. The number of aliphatic carboxylic acids is 1. The maximum absolute atomic E-state index is 12.9. The van der Waals surface area contributed by atoms with Gasteiger partial charge in [0, 0.05) is 24.3 Å². The van der Waals surface area contributed by atoms with Gasteiger partial charge in [0.05, 0.1) is 11.6 Å². The number of ether oxygens (including phenoxy) is 1. The minimum absolute atomic E-state index is 0.138. The van der Waals surface area contributed by atoms with Crippen LogP contribution in [0.25, 0.3) is 0 Å². The number of benzene rings is 1. The third-order valence-corrected chi connectivity index (χ3v) is 4.96. The van der Waals surface area contributed by atoms with Crippen LogP contribution >= 0.6 is 0 Å². The van der Waals surface area contributed by atoms with Crippen molar-refractivity contribution in [3.05, 3.63) is 59.4 Å². The summed E-state index contributed by atoms with van der Waals surface area (Å²) in [6, 6.07) is 11.0. The molecule has 2 aromatic rings. The normalized spacial score (nSPS) is 19.6. The summed E-state index contributed by atoms with van der Waals surface area (Å²) in [5.74, 6) is -0.319. The summed E-state index contributed by atoms with van der Waals surface area (Å²) in [6.45, 7) is 4.76. The maximum Gasteiger partial charge on any atom is 0.311 e. The van der Waals surface area contributed by atoms with Crippen molar-refractivity contribution in [1.29, 1.82) is 0 Å². The zero-order valence-electron chi connectivity index (χ0n) is 15.6. The van der Waals surface area contributed by atoms with E-state index in [1.165, 1.54) is 0 Å². The molecule has 1 fully saturated rings. The molecule has 0 bridgehead atoms. The van der Waals surface area contributed by atoms with E-state index in [1.54, 1.807) is 30.2 Å². The summed E-state index contributed by atoms with van der Waals surface area (Å²) >= 11 is 0. The first kappa shape index (κ1) is 18.9. The van der Waals surface area contributed by atoms with Crippen molar-refractivity contribution < 1.29 is 19.4 Å². The zero-order chi connectivity index (χ0) is 19.4. The Hall–Kier alpha value is -2.89. The molecule has 6 heteroatoms. The molecule has 142 valence electrons. The van der Waals surface area contributed by atoms with Crippen molar-refractivity contribution in [3.63, 3.8) is 0 Å². The van der Waals surface area contributed by atoms with Crippen LogP contribution < -0.4 is 4.74 Å². The second kappa shape index (κ2) is 7.78. The fourth-order valence-corrected chi connectivity index (χ4v) is 3.27. The fraction of sp³-hybridized carbons (Fsp3) is 0.381. The minimum Gasteiger partial charge on any atom is -0.487 e. The number of hydrogen-bond acceptors (Lipinski definition) is 4.